The molecule has 1 atom stereocenters. The van der Waals surface area contributed by atoms with Crippen LogP contribution in [0.1, 0.15) is 38.7 Å². The lowest BCUT2D eigenvalue weighted by Gasteiger charge is -2.13. The van der Waals surface area contributed by atoms with Gasteiger partial charge in [-0.3, -0.25) is 0 Å². The molecule has 2 nitrogen and oxygen atoms in total. The molecule has 1 N–H and O–H groups in total. The van der Waals surface area contributed by atoms with E-state index in [0.29, 0.717) is 6.04 Å². The highest BCUT2D eigenvalue weighted by Crippen LogP contribution is 2.16. The van der Waals surface area contributed by atoms with Gasteiger partial charge >= 0.3 is 0 Å². The molecular formula is C15H25NO. The van der Waals surface area contributed by atoms with E-state index >= 15 is 0 Å². The number of benzene rings is 1. The SMILES string of the molecule is CCCNC(C)CCCOc1ccccc1C. The summed E-state index contributed by atoms with van der Waals surface area (Å²) in [5.41, 5.74) is 1.21. The average Bonchev–Trinajstić information content (AvgIpc) is 2.34. The van der Waals surface area contributed by atoms with E-state index in [-0.39, 0.29) is 0 Å². The maximum Gasteiger partial charge on any atom is 0.122 e. The number of nitrogens with one attached hydrogen (secondary N) is 1. The van der Waals surface area contributed by atoms with E-state index in [1.165, 1.54) is 18.4 Å². The highest BCUT2D eigenvalue weighted by molar-refractivity contribution is 5.31. The molecule has 1 aromatic carbocycles. The lowest BCUT2D eigenvalue weighted by atomic mass is 10.2. The van der Waals surface area contributed by atoms with Crippen LogP contribution >= 0.6 is 0 Å². The Balaban J connectivity index is 2.14. The summed E-state index contributed by atoms with van der Waals surface area (Å²) in [6.45, 7) is 8.44. The van der Waals surface area contributed by atoms with Crippen LogP contribution in [0.25, 0.3) is 0 Å². The van der Waals surface area contributed by atoms with Gasteiger partial charge in [-0.1, -0.05) is 25.1 Å². The van der Waals surface area contributed by atoms with Gasteiger partial charge in [-0.15, -0.1) is 0 Å². The Morgan fingerprint density at radius 3 is 2.76 bits per heavy atom. The maximum atomic E-state index is 5.76. The maximum absolute atomic E-state index is 5.76. The molecule has 0 heterocycles. The number of ether oxygens (including phenoxy) is 1. The highest BCUT2D eigenvalue weighted by Gasteiger charge is 2.01. The number of rotatable bonds is 8. The van der Waals surface area contributed by atoms with E-state index in [1.807, 2.05) is 18.2 Å². The Kier molecular flexibility index (Phi) is 6.71. The van der Waals surface area contributed by atoms with Gasteiger partial charge in [0.15, 0.2) is 0 Å². The normalized spacial score (nSPS) is 12.4. The van der Waals surface area contributed by atoms with E-state index < -0.39 is 0 Å². The predicted octanol–water partition coefficient (Wildman–Crippen LogP) is 3.54. The first kappa shape index (κ1) is 14.0. The molecule has 0 spiro atoms. The van der Waals surface area contributed by atoms with Crippen molar-refractivity contribution in [3.05, 3.63) is 29.8 Å². The molecule has 0 fully saturated rings. The lowest BCUT2D eigenvalue weighted by molar-refractivity contribution is 0.296. The van der Waals surface area contributed by atoms with Crippen LogP contribution in [-0.2, 0) is 0 Å². The molecule has 1 aromatic rings. The van der Waals surface area contributed by atoms with Crippen molar-refractivity contribution in [1.29, 1.82) is 0 Å². The van der Waals surface area contributed by atoms with Crippen molar-refractivity contribution in [1.82, 2.24) is 5.32 Å². The third kappa shape index (κ3) is 5.73. The van der Waals surface area contributed by atoms with E-state index in [4.69, 9.17) is 4.74 Å². The van der Waals surface area contributed by atoms with Gasteiger partial charge in [0.05, 0.1) is 6.61 Å². The van der Waals surface area contributed by atoms with E-state index in [1.54, 1.807) is 0 Å². The molecule has 2 heteroatoms. The van der Waals surface area contributed by atoms with Crippen molar-refractivity contribution in [2.45, 2.75) is 46.1 Å². The molecule has 0 amide bonds. The molecule has 1 unspecified atom stereocenters. The fraction of sp³-hybridized carbons (Fsp3) is 0.600. The Bertz CT molecular complexity index is 312. The minimum absolute atomic E-state index is 0.593. The van der Waals surface area contributed by atoms with Gasteiger partial charge in [0.1, 0.15) is 5.75 Å². The van der Waals surface area contributed by atoms with E-state index in [9.17, 15) is 0 Å². The third-order valence-electron chi connectivity index (χ3n) is 2.88. The van der Waals surface area contributed by atoms with Gasteiger partial charge in [-0.25, -0.2) is 0 Å². The summed E-state index contributed by atoms with van der Waals surface area (Å²) in [4.78, 5) is 0. The molecular weight excluding hydrogens is 210 g/mol. The molecule has 0 saturated carbocycles. The molecule has 0 aliphatic heterocycles. The molecule has 0 saturated heterocycles. The second kappa shape index (κ2) is 8.13. The van der Waals surface area contributed by atoms with Crippen LogP contribution in [0.4, 0.5) is 0 Å². The molecule has 0 aliphatic rings. The standard InChI is InChI=1S/C15H25NO/c1-4-11-16-14(3)9-7-12-17-15-10-6-5-8-13(15)2/h5-6,8,10,14,16H,4,7,9,11-12H2,1-3H3. The second-order valence-electron chi connectivity index (χ2n) is 4.61. The third-order valence-corrected chi connectivity index (χ3v) is 2.88. The van der Waals surface area contributed by atoms with Crippen LogP contribution in [0.5, 0.6) is 5.75 Å². The van der Waals surface area contributed by atoms with E-state index in [2.05, 4.69) is 32.2 Å². The van der Waals surface area contributed by atoms with Crippen molar-refractivity contribution in [3.63, 3.8) is 0 Å². The molecule has 0 bridgehead atoms. The minimum atomic E-state index is 0.593. The van der Waals surface area contributed by atoms with Crippen LogP contribution in [0.2, 0.25) is 0 Å². The van der Waals surface area contributed by atoms with Crippen LogP contribution in [0.15, 0.2) is 24.3 Å². The Labute approximate surface area is 105 Å². The first-order chi connectivity index (χ1) is 8.24. The summed E-state index contributed by atoms with van der Waals surface area (Å²) in [5, 5.41) is 3.49. The van der Waals surface area contributed by atoms with Crippen LogP contribution in [0.3, 0.4) is 0 Å². The van der Waals surface area contributed by atoms with Crippen molar-refractivity contribution in [2.75, 3.05) is 13.2 Å². The van der Waals surface area contributed by atoms with Gasteiger partial charge < -0.3 is 10.1 Å². The van der Waals surface area contributed by atoms with E-state index in [0.717, 1.165) is 25.3 Å². The quantitative estimate of drug-likeness (QED) is 0.696. The Morgan fingerprint density at radius 2 is 2.06 bits per heavy atom. The number of hydrogen-bond donors (Lipinski definition) is 1. The fourth-order valence-electron chi connectivity index (χ4n) is 1.78. The smallest absolute Gasteiger partial charge is 0.122 e. The molecule has 0 radical (unpaired) electrons. The first-order valence-corrected chi connectivity index (χ1v) is 6.66. The Hall–Kier alpha value is -1.02. The fourth-order valence-corrected chi connectivity index (χ4v) is 1.78. The zero-order valence-electron chi connectivity index (χ0n) is 11.3. The van der Waals surface area contributed by atoms with Gasteiger partial charge in [0, 0.05) is 6.04 Å². The molecule has 1 rings (SSSR count). The van der Waals surface area contributed by atoms with Crippen molar-refractivity contribution in [2.24, 2.45) is 0 Å². The van der Waals surface area contributed by atoms with Crippen molar-refractivity contribution < 1.29 is 4.74 Å². The molecule has 0 aromatic heterocycles. The number of para-hydroxylation sites is 1. The lowest BCUT2D eigenvalue weighted by Crippen LogP contribution is -2.26. The van der Waals surface area contributed by atoms with Crippen LogP contribution < -0.4 is 10.1 Å². The Morgan fingerprint density at radius 1 is 1.29 bits per heavy atom. The summed E-state index contributed by atoms with van der Waals surface area (Å²) in [7, 11) is 0. The largest absolute Gasteiger partial charge is 0.493 e. The average molecular weight is 235 g/mol. The van der Waals surface area contributed by atoms with Gasteiger partial charge in [0.2, 0.25) is 0 Å². The first-order valence-electron chi connectivity index (χ1n) is 6.66. The molecule has 96 valence electrons. The zero-order chi connectivity index (χ0) is 12.5. The zero-order valence-corrected chi connectivity index (χ0v) is 11.3. The topological polar surface area (TPSA) is 21.3 Å². The highest BCUT2D eigenvalue weighted by atomic mass is 16.5. The monoisotopic (exact) mass is 235 g/mol. The minimum Gasteiger partial charge on any atom is -0.493 e. The summed E-state index contributed by atoms with van der Waals surface area (Å²) in [5.74, 6) is 1.02. The second-order valence-corrected chi connectivity index (χ2v) is 4.61. The van der Waals surface area contributed by atoms with Crippen molar-refractivity contribution >= 4 is 0 Å². The molecule has 0 aliphatic carbocycles. The van der Waals surface area contributed by atoms with Gasteiger partial charge in [-0.2, -0.15) is 0 Å². The van der Waals surface area contributed by atoms with Crippen molar-refractivity contribution in [3.8, 4) is 5.75 Å². The summed E-state index contributed by atoms with van der Waals surface area (Å²) in [6, 6.07) is 8.78. The number of hydrogen-bond acceptors (Lipinski definition) is 2. The van der Waals surface area contributed by atoms with Crippen LogP contribution in [0, 0.1) is 6.92 Å². The summed E-state index contributed by atoms with van der Waals surface area (Å²) >= 11 is 0. The van der Waals surface area contributed by atoms with Crippen LogP contribution in [-0.4, -0.2) is 19.2 Å². The van der Waals surface area contributed by atoms with Gasteiger partial charge in [0.25, 0.3) is 0 Å². The summed E-state index contributed by atoms with van der Waals surface area (Å²) < 4.78 is 5.76. The predicted molar refractivity (Wildman–Crippen MR) is 73.7 cm³/mol. The number of aryl methyl sites for hydroxylation is 1. The summed E-state index contributed by atoms with van der Waals surface area (Å²) in [6.07, 6.45) is 3.47. The molecule has 17 heavy (non-hydrogen) atoms. The van der Waals surface area contributed by atoms with Gasteiger partial charge in [-0.05, 0) is 51.3 Å².